The Bertz CT molecular complexity index is 302. The van der Waals surface area contributed by atoms with Crippen LogP contribution in [0.1, 0.15) is 19.4 Å². The monoisotopic (exact) mass is 259 g/mol. The minimum atomic E-state index is -0.0557. The molecule has 0 bridgehead atoms. The lowest BCUT2D eigenvalue weighted by Crippen LogP contribution is -2.07. The molecule has 78 valence electrons. The molecule has 0 aliphatic heterocycles. The van der Waals surface area contributed by atoms with E-state index >= 15 is 0 Å². The van der Waals surface area contributed by atoms with Gasteiger partial charge < -0.3 is 9.84 Å². The molecule has 0 radical (unpaired) electrons. The number of pyridine rings is 1. The van der Waals surface area contributed by atoms with Crippen molar-refractivity contribution in [1.29, 1.82) is 0 Å². The van der Waals surface area contributed by atoms with Gasteiger partial charge in [0.15, 0.2) is 0 Å². The number of nitrogens with zero attached hydrogens (tertiary/aromatic N) is 1. The van der Waals surface area contributed by atoms with Crippen LogP contribution in [0.5, 0.6) is 5.88 Å². The Morgan fingerprint density at radius 2 is 2.29 bits per heavy atom. The number of rotatable bonds is 4. The van der Waals surface area contributed by atoms with Gasteiger partial charge in [0.2, 0.25) is 5.88 Å². The van der Waals surface area contributed by atoms with Crippen LogP contribution in [0.15, 0.2) is 16.7 Å². The Hall–Kier alpha value is -0.610. The maximum absolute atomic E-state index is 9.07. The molecule has 0 amide bonds. The quantitative estimate of drug-likeness (QED) is 0.903. The average Bonchev–Trinajstić information content (AvgIpc) is 2.15. The molecule has 0 saturated carbocycles. The van der Waals surface area contributed by atoms with Crippen LogP contribution in [-0.4, -0.2) is 16.7 Å². The van der Waals surface area contributed by atoms with Crippen LogP contribution >= 0.6 is 15.9 Å². The van der Waals surface area contributed by atoms with Gasteiger partial charge in [-0.1, -0.05) is 13.8 Å². The molecule has 4 heteroatoms. The van der Waals surface area contributed by atoms with E-state index in [0.29, 0.717) is 24.0 Å². The van der Waals surface area contributed by atoms with Crippen molar-refractivity contribution < 1.29 is 9.84 Å². The standard InChI is InChI=1S/C10H14BrNO2/c1-7(2)6-14-10-8(5-13)3-9(11)4-12-10/h3-4,7,13H,5-6H2,1-2H3. The fourth-order valence-corrected chi connectivity index (χ4v) is 1.34. The van der Waals surface area contributed by atoms with Crippen molar-refractivity contribution in [3.05, 3.63) is 22.3 Å². The number of aliphatic hydroxyl groups is 1. The molecule has 1 heterocycles. The van der Waals surface area contributed by atoms with E-state index in [1.54, 1.807) is 6.20 Å². The van der Waals surface area contributed by atoms with Gasteiger partial charge in [0.25, 0.3) is 0 Å². The van der Waals surface area contributed by atoms with Crippen molar-refractivity contribution >= 4 is 15.9 Å². The first-order chi connectivity index (χ1) is 6.63. The molecule has 0 spiro atoms. The van der Waals surface area contributed by atoms with Crippen LogP contribution in [0, 0.1) is 5.92 Å². The Morgan fingerprint density at radius 1 is 1.57 bits per heavy atom. The predicted octanol–water partition coefficient (Wildman–Crippen LogP) is 2.37. The highest BCUT2D eigenvalue weighted by Crippen LogP contribution is 2.20. The molecule has 0 fully saturated rings. The van der Waals surface area contributed by atoms with Crippen molar-refractivity contribution in [2.24, 2.45) is 5.92 Å². The lowest BCUT2D eigenvalue weighted by Gasteiger charge is -2.10. The number of aliphatic hydroxyl groups excluding tert-OH is 1. The topological polar surface area (TPSA) is 42.4 Å². The third-order valence-corrected chi connectivity index (χ3v) is 2.05. The molecule has 0 aliphatic carbocycles. The fourth-order valence-electron chi connectivity index (χ4n) is 0.957. The smallest absolute Gasteiger partial charge is 0.218 e. The summed E-state index contributed by atoms with van der Waals surface area (Å²) in [4.78, 5) is 4.09. The Balaban J connectivity index is 2.75. The second kappa shape index (κ2) is 5.32. The summed E-state index contributed by atoms with van der Waals surface area (Å²) in [7, 11) is 0. The van der Waals surface area contributed by atoms with Gasteiger partial charge in [-0.3, -0.25) is 0 Å². The largest absolute Gasteiger partial charge is 0.477 e. The maximum atomic E-state index is 9.07. The molecule has 1 aromatic heterocycles. The zero-order valence-corrected chi connectivity index (χ0v) is 9.91. The molecule has 3 nitrogen and oxygen atoms in total. The van der Waals surface area contributed by atoms with E-state index in [2.05, 4.69) is 34.8 Å². The third-order valence-electron chi connectivity index (χ3n) is 1.62. The Kier molecular flexibility index (Phi) is 4.35. The summed E-state index contributed by atoms with van der Waals surface area (Å²) in [6, 6.07) is 1.81. The van der Waals surface area contributed by atoms with Gasteiger partial charge in [0.1, 0.15) is 0 Å². The third kappa shape index (κ3) is 3.27. The van der Waals surface area contributed by atoms with Crippen molar-refractivity contribution in [2.75, 3.05) is 6.61 Å². The van der Waals surface area contributed by atoms with Gasteiger partial charge in [-0.15, -0.1) is 0 Å². The number of hydrogen-bond donors (Lipinski definition) is 1. The maximum Gasteiger partial charge on any atom is 0.218 e. The summed E-state index contributed by atoms with van der Waals surface area (Å²) in [6.45, 7) is 4.69. The minimum absolute atomic E-state index is 0.0557. The van der Waals surface area contributed by atoms with Crippen molar-refractivity contribution in [1.82, 2.24) is 4.98 Å². The Labute approximate surface area is 92.3 Å². The van der Waals surface area contributed by atoms with Crippen LogP contribution in [0.4, 0.5) is 0 Å². The van der Waals surface area contributed by atoms with Crippen LogP contribution < -0.4 is 4.74 Å². The molecule has 0 unspecified atom stereocenters. The van der Waals surface area contributed by atoms with E-state index in [4.69, 9.17) is 9.84 Å². The highest BCUT2D eigenvalue weighted by atomic mass is 79.9. The molecule has 0 aliphatic rings. The normalized spacial score (nSPS) is 10.6. The van der Waals surface area contributed by atoms with E-state index < -0.39 is 0 Å². The zero-order valence-electron chi connectivity index (χ0n) is 8.33. The van der Waals surface area contributed by atoms with Crippen molar-refractivity contribution in [3.63, 3.8) is 0 Å². The summed E-state index contributed by atoms with van der Waals surface area (Å²) >= 11 is 3.29. The van der Waals surface area contributed by atoms with Crippen LogP contribution in [0.3, 0.4) is 0 Å². The lowest BCUT2D eigenvalue weighted by molar-refractivity contribution is 0.238. The number of halogens is 1. The van der Waals surface area contributed by atoms with Crippen LogP contribution in [0.2, 0.25) is 0 Å². The van der Waals surface area contributed by atoms with Crippen LogP contribution in [-0.2, 0) is 6.61 Å². The molecule has 1 rings (SSSR count). The average molecular weight is 260 g/mol. The van der Waals surface area contributed by atoms with Gasteiger partial charge in [-0.25, -0.2) is 4.98 Å². The summed E-state index contributed by atoms with van der Waals surface area (Å²) in [5.74, 6) is 0.969. The summed E-state index contributed by atoms with van der Waals surface area (Å²) in [5, 5.41) is 9.07. The predicted molar refractivity (Wildman–Crippen MR) is 58.2 cm³/mol. The highest BCUT2D eigenvalue weighted by Gasteiger charge is 2.06. The molecule has 1 aromatic rings. The van der Waals surface area contributed by atoms with E-state index in [1.165, 1.54) is 0 Å². The lowest BCUT2D eigenvalue weighted by atomic mass is 10.2. The first-order valence-electron chi connectivity index (χ1n) is 4.51. The first kappa shape index (κ1) is 11.5. The highest BCUT2D eigenvalue weighted by molar-refractivity contribution is 9.10. The van der Waals surface area contributed by atoms with Gasteiger partial charge in [-0.05, 0) is 27.9 Å². The number of ether oxygens (including phenoxy) is 1. The van der Waals surface area contributed by atoms with E-state index in [0.717, 1.165) is 4.47 Å². The zero-order chi connectivity index (χ0) is 10.6. The van der Waals surface area contributed by atoms with Crippen molar-refractivity contribution in [3.8, 4) is 5.88 Å². The molecule has 0 saturated heterocycles. The summed E-state index contributed by atoms with van der Waals surface area (Å²) < 4.78 is 6.30. The summed E-state index contributed by atoms with van der Waals surface area (Å²) in [6.07, 6.45) is 1.66. The number of aromatic nitrogens is 1. The fraction of sp³-hybridized carbons (Fsp3) is 0.500. The van der Waals surface area contributed by atoms with Gasteiger partial charge in [0.05, 0.1) is 13.2 Å². The molecule has 0 aromatic carbocycles. The van der Waals surface area contributed by atoms with Gasteiger partial charge >= 0.3 is 0 Å². The summed E-state index contributed by atoms with van der Waals surface area (Å²) in [5.41, 5.74) is 0.708. The number of hydrogen-bond acceptors (Lipinski definition) is 3. The van der Waals surface area contributed by atoms with Gasteiger partial charge in [-0.2, -0.15) is 0 Å². The van der Waals surface area contributed by atoms with Crippen molar-refractivity contribution in [2.45, 2.75) is 20.5 Å². The van der Waals surface area contributed by atoms with Crippen LogP contribution in [0.25, 0.3) is 0 Å². The molecular weight excluding hydrogens is 246 g/mol. The minimum Gasteiger partial charge on any atom is -0.477 e. The molecule has 14 heavy (non-hydrogen) atoms. The van der Waals surface area contributed by atoms with E-state index in [9.17, 15) is 0 Å². The molecular formula is C10H14BrNO2. The van der Waals surface area contributed by atoms with E-state index in [-0.39, 0.29) is 6.61 Å². The Morgan fingerprint density at radius 3 is 2.86 bits per heavy atom. The second-order valence-electron chi connectivity index (χ2n) is 3.48. The molecule has 1 N–H and O–H groups in total. The molecule has 0 atom stereocenters. The first-order valence-corrected chi connectivity index (χ1v) is 5.31. The van der Waals surface area contributed by atoms with Gasteiger partial charge in [0, 0.05) is 16.2 Å². The SMILES string of the molecule is CC(C)COc1ncc(Br)cc1CO. The van der Waals surface area contributed by atoms with E-state index in [1.807, 2.05) is 6.07 Å². The second-order valence-corrected chi connectivity index (χ2v) is 4.40.